The molecule has 100 valence electrons. The number of hydrogen-bond acceptors (Lipinski definition) is 3. The third-order valence-electron chi connectivity index (χ3n) is 3.58. The quantitative estimate of drug-likeness (QED) is 0.890. The lowest BCUT2D eigenvalue weighted by Crippen LogP contribution is -2.26. The van der Waals surface area contributed by atoms with E-state index < -0.39 is 5.60 Å². The molecule has 18 heavy (non-hydrogen) atoms. The molecule has 1 unspecified atom stereocenters. The number of methoxy groups -OCH3 is 1. The second kappa shape index (κ2) is 4.81. The van der Waals surface area contributed by atoms with Crippen molar-refractivity contribution in [3.8, 4) is 5.75 Å². The van der Waals surface area contributed by atoms with Crippen molar-refractivity contribution in [2.75, 3.05) is 25.1 Å². The summed E-state index contributed by atoms with van der Waals surface area (Å²) in [5, 5.41) is 10.1. The summed E-state index contributed by atoms with van der Waals surface area (Å²) in [4.78, 5) is 2.36. The Bertz CT molecular complexity index is 423. The molecule has 1 N–H and O–H groups in total. The molecule has 1 aliphatic heterocycles. The molecule has 2 rings (SSSR count). The van der Waals surface area contributed by atoms with E-state index in [1.165, 1.54) is 11.3 Å². The number of benzene rings is 1. The van der Waals surface area contributed by atoms with Crippen LogP contribution in [-0.4, -0.2) is 30.9 Å². The van der Waals surface area contributed by atoms with Crippen LogP contribution in [0.5, 0.6) is 5.75 Å². The molecular formula is C15H23NO2. The van der Waals surface area contributed by atoms with Gasteiger partial charge in [-0.1, -0.05) is 6.07 Å². The summed E-state index contributed by atoms with van der Waals surface area (Å²) in [6.07, 6.45) is 0.761. The Hall–Kier alpha value is -1.22. The molecule has 0 radical (unpaired) electrons. The largest absolute Gasteiger partial charge is 0.496 e. The summed E-state index contributed by atoms with van der Waals surface area (Å²) in [6, 6.07) is 6.19. The minimum atomic E-state index is -0.646. The molecule has 1 atom stereocenters. The van der Waals surface area contributed by atoms with Crippen LogP contribution in [0.1, 0.15) is 38.7 Å². The number of ether oxygens (including phenoxy) is 1. The molecule has 0 saturated carbocycles. The van der Waals surface area contributed by atoms with Crippen LogP contribution in [0, 0.1) is 0 Å². The Morgan fingerprint density at radius 1 is 1.44 bits per heavy atom. The van der Waals surface area contributed by atoms with Gasteiger partial charge in [-0.25, -0.2) is 0 Å². The van der Waals surface area contributed by atoms with Crippen molar-refractivity contribution in [3.63, 3.8) is 0 Å². The summed E-state index contributed by atoms with van der Waals surface area (Å²) >= 11 is 0. The maximum absolute atomic E-state index is 10.1. The van der Waals surface area contributed by atoms with Crippen molar-refractivity contribution in [1.29, 1.82) is 0 Å². The van der Waals surface area contributed by atoms with Gasteiger partial charge in [-0.15, -0.1) is 0 Å². The van der Waals surface area contributed by atoms with Gasteiger partial charge in [-0.05, 0) is 39.3 Å². The first kappa shape index (κ1) is 13.2. The normalized spacial score (nSPS) is 18.9. The van der Waals surface area contributed by atoms with E-state index in [-0.39, 0.29) is 0 Å². The minimum Gasteiger partial charge on any atom is -0.496 e. The Morgan fingerprint density at radius 2 is 2.17 bits per heavy atom. The van der Waals surface area contributed by atoms with Gasteiger partial charge in [-0.2, -0.15) is 0 Å². The standard InChI is InChI=1S/C15H23NO2/c1-5-16-10-11(9-15(2,3)17)14-12(16)7-6-8-13(14)18-4/h6-8,11,17H,5,9-10H2,1-4H3. The average molecular weight is 249 g/mol. The van der Waals surface area contributed by atoms with Gasteiger partial charge >= 0.3 is 0 Å². The minimum absolute atomic E-state index is 0.344. The van der Waals surface area contributed by atoms with Crippen LogP contribution in [0.2, 0.25) is 0 Å². The van der Waals surface area contributed by atoms with E-state index >= 15 is 0 Å². The van der Waals surface area contributed by atoms with Crippen LogP contribution in [0.25, 0.3) is 0 Å². The van der Waals surface area contributed by atoms with Crippen LogP contribution in [0.4, 0.5) is 5.69 Å². The van der Waals surface area contributed by atoms with E-state index in [9.17, 15) is 5.11 Å². The van der Waals surface area contributed by atoms with Crippen LogP contribution < -0.4 is 9.64 Å². The summed E-state index contributed by atoms with van der Waals surface area (Å²) in [7, 11) is 1.71. The van der Waals surface area contributed by atoms with Gasteiger partial charge in [0.15, 0.2) is 0 Å². The molecule has 0 amide bonds. The Labute approximate surface area is 109 Å². The molecule has 1 aromatic rings. The molecule has 1 heterocycles. The lowest BCUT2D eigenvalue weighted by molar-refractivity contribution is 0.0642. The Morgan fingerprint density at radius 3 is 2.72 bits per heavy atom. The molecule has 0 saturated heterocycles. The first-order valence-electron chi connectivity index (χ1n) is 6.60. The summed E-state index contributed by atoms with van der Waals surface area (Å²) in [6.45, 7) is 7.86. The van der Waals surface area contributed by atoms with E-state index in [2.05, 4.69) is 17.9 Å². The van der Waals surface area contributed by atoms with Crippen molar-refractivity contribution in [2.24, 2.45) is 0 Å². The molecule has 0 aliphatic carbocycles. The smallest absolute Gasteiger partial charge is 0.124 e. The van der Waals surface area contributed by atoms with E-state index in [0.29, 0.717) is 5.92 Å². The monoisotopic (exact) mass is 249 g/mol. The summed E-state index contributed by atoms with van der Waals surface area (Å²) in [5.74, 6) is 1.29. The number of aliphatic hydroxyl groups is 1. The SMILES string of the molecule is CCN1CC(CC(C)(C)O)c2c(OC)cccc21. The zero-order chi connectivity index (χ0) is 13.3. The molecule has 1 aliphatic rings. The third-order valence-corrected chi connectivity index (χ3v) is 3.58. The van der Waals surface area contributed by atoms with Crippen LogP contribution in [0.15, 0.2) is 18.2 Å². The van der Waals surface area contributed by atoms with Gasteiger partial charge < -0.3 is 14.7 Å². The lowest BCUT2D eigenvalue weighted by Gasteiger charge is -2.23. The van der Waals surface area contributed by atoms with Crippen LogP contribution in [-0.2, 0) is 0 Å². The lowest BCUT2D eigenvalue weighted by atomic mass is 9.89. The fraction of sp³-hybridized carbons (Fsp3) is 0.600. The van der Waals surface area contributed by atoms with Gasteiger partial charge in [0.2, 0.25) is 0 Å². The van der Waals surface area contributed by atoms with Crippen LogP contribution >= 0.6 is 0 Å². The van der Waals surface area contributed by atoms with Gasteiger partial charge in [0.25, 0.3) is 0 Å². The number of hydrogen-bond donors (Lipinski definition) is 1. The van der Waals surface area contributed by atoms with Crippen molar-refractivity contribution in [3.05, 3.63) is 23.8 Å². The number of fused-ring (bicyclic) bond motifs is 1. The Balaban J connectivity index is 2.39. The molecule has 0 bridgehead atoms. The van der Waals surface area contributed by atoms with E-state index in [4.69, 9.17) is 4.74 Å². The third kappa shape index (κ3) is 2.46. The zero-order valence-corrected chi connectivity index (χ0v) is 11.7. The number of nitrogens with zero attached hydrogens (tertiary/aromatic N) is 1. The topological polar surface area (TPSA) is 32.7 Å². The highest BCUT2D eigenvalue weighted by molar-refractivity contribution is 5.65. The fourth-order valence-electron chi connectivity index (χ4n) is 2.92. The number of rotatable bonds is 4. The molecule has 3 heteroatoms. The molecule has 0 fully saturated rings. The van der Waals surface area contributed by atoms with Gasteiger partial charge in [0.1, 0.15) is 5.75 Å². The van der Waals surface area contributed by atoms with Gasteiger partial charge in [0, 0.05) is 30.3 Å². The summed E-state index contributed by atoms with van der Waals surface area (Å²) in [5.41, 5.74) is 1.86. The second-order valence-corrected chi connectivity index (χ2v) is 5.65. The molecule has 0 aromatic heterocycles. The van der Waals surface area contributed by atoms with Crippen molar-refractivity contribution < 1.29 is 9.84 Å². The zero-order valence-electron chi connectivity index (χ0n) is 11.7. The maximum Gasteiger partial charge on any atom is 0.124 e. The molecule has 0 spiro atoms. The number of likely N-dealkylation sites (N-methyl/N-ethyl adjacent to an activating group) is 1. The molecule has 1 aromatic carbocycles. The fourth-order valence-corrected chi connectivity index (χ4v) is 2.92. The van der Waals surface area contributed by atoms with Crippen LogP contribution in [0.3, 0.4) is 0 Å². The maximum atomic E-state index is 10.1. The first-order valence-corrected chi connectivity index (χ1v) is 6.60. The van der Waals surface area contributed by atoms with E-state index in [1.54, 1.807) is 7.11 Å². The van der Waals surface area contributed by atoms with Crippen molar-refractivity contribution in [1.82, 2.24) is 0 Å². The van der Waals surface area contributed by atoms with Gasteiger partial charge in [0.05, 0.1) is 12.7 Å². The molecule has 3 nitrogen and oxygen atoms in total. The summed E-state index contributed by atoms with van der Waals surface area (Å²) < 4.78 is 5.49. The average Bonchev–Trinajstić information content (AvgIpc) is 2.65. The first-order chi connectivity index (χ1) is 8.46. The predicted molar refractivity (Wildman–Crippen MR) is 74.5 cm³/mol. The van der Waals surface area contributed by atoms with E-state index in [0.717, 1.165) is 25.3 Å². The second-order valence-electron chi connectivity index (χ2n) is 5.65. The number of anilines is 1. The highest BCUT2D eigenvalue weighted by atomic mass is 16.5. The van der Waals surface area contributed by atoms with E-state index in [1.807, 2.05) is 26.0 Å². The van der Waals surface area contributed by atoms with Crippen molar-refractivity contribution >= 4 is 5.69 Å². The Kier molecular flexibility index (Phi) is 3.53. The van der Waals surface area contributed by atoms with Crippen molar-refractivity contribution in [2.45, 2.75) is 38.7 Å². The highest BCUT2D eigenvalue weighted by Crippen LogP contribution is 2.44. The predicted octanol–water partition coefficient (Wildman–Crippen LogP) is 2.78. The molecular weight excluding hydrogens is 226 g/mol. The van der Waals surface area contributed by atoms with Gasteiger partial charge in [-0.3, -0.25) is 0 Å². The highest BCUT2D eigenvalue weighted by Gasteiger charge is 2.33.